The van der Waals surface area contributed by atoms with Crippen LogP contribution in [0.3, 0.4) is 0 Å². The summed E-state index contributed by atoms with van der Waals surface area (Å²) in [6.45, 7) is 3.43. The van der Waals surface area contributed by atoms with Crippen molar-refractivity contribution >= 4 is 28.9 Å². The number of halogens is 1. The molecule has 1 aliphatic carbocycles. The lowest BCUT2D eigenvalue weighted by Crippen LogP contribution is -2.37. The molecular weight excluding hydrogens is 266 g/mol. The van der Waals surface area contributed by atoms with Crippen LogP contribution in [0.1, 0.15) is 43.9 Å². The summed E-state index contributed by atoms with van der Waals surface area (Å²) in [7, 11) is 0. The molecule has 2 heterocycles. The van der Waals surface area contributed by atoms with Crippen molar-refractivity contribution in [3.63, 3.8) is 0 Å². The van der Waals surface area contributed by atoms with Crippen molar-refractivity contribution in [3.8, 4) is 0 Å². The molecule has 102 valence electrons. The second-order valence-corrected chi connectivity index (χ2v) is 6.68. The van der Waals surface area contributed by atoms with Crippen LogP contribution in [0, 0.1) is 5.92 Å². The minimum atomic E-state index is 0. The number of rotatable bonds is 2. The zero-order chi connectivity index (χ0) is 11.8. The zero-order valence-electron chi connectivity index (χ0n) is 10.8. The van der Waals surface area contributed by atoms with Gasteiger partial charge in [-0.1, -0.05) is 12.8 Å². The van der Waals surface area contributed by atoms with Crippen LogP contribution in [-0.4, -0.2) is 22.0 Å². The van der Waals surface area contributed by atoms with Crippen LogP contribution in [-0.2, 0) is 6.54 Å². The summed E-state index contributed by atoms with van der Waals surface area (Å²) in [5.41, 5.74) is 5.71. The fourth-order valence-electron chi connectivity index (χ4n) is 3.65. The van der Waals surface area contributed by atoms with Crippen molar-refractivity contribution in [2.75, 3.05) is 5.73 Å². The van der Waals surface area contributed by atoms with Gasteiger partial charge >= 0.3 is 0 Å². The molecule has 0 bridgehead atoms. The van der Waals surface area contributed by atoms with Crippen molar-refractivity contribution in [2.45, 2.75) is 57.7 Å². The monoisotopic (exact) mass is 287 g/mol. The molecule has 0 amide bonds. The van der Waals surface area contributed by atoms with Gasteiger partial charge < -0.3 is 5.73 Å². The van der Waals surface area contributed by atoms with Crippen LogP contribution in [0.5, 0.6) is 0 Å². The summed E-state index contributed by atoms with van der Waals surface area (Å²) >= 11 is 1.64. The Morgan fingerprint density at radius 2 is 2.22 bits per heavy atom. The predicted octanol–water partition coefficient (Wildman–Crippen LogP) is 3.30. The van der Waals surface area contributed by atoms with Crippen molar-refractivity contribution in [1.29, 1.82) is 0 Å². The molecule has 1 aromatic rings. The van der Waals surface area contributed by atoms with E-state index in [1.54, 1.807) is 11.3 Å². The first-order valence-corrected chi connectivity index (χ1v) is 7.51. The SMILES string of the molecule is CC1CC2CCCCC2N1Cc1cnc(N)s1.Cl. The highest BCUT2D eigenvalue weighted by atomic mass is 35.5. The summed E-state index contributed by atoms with van der Waals surface area (Å²) in [6.07, 6.45) is 9.02. The Hall–Kier alpha value is -0.320. The number of aromatic nitrogens is 1. The van der Waals surface area contributed by atoms with E-state index in [0.29, 0.717) is 5.13 Å². The highest BCUT2D eigenvalue weighted by Crippen LogP contribution is 2.40. The molecule has 0 radical (unpaired) electrons. The molecule has 3 nitrogen and oxygen atoms in total. The van der Waals surface area contributed by atoms with Crippen LogP contribution in [0.4, 0.5) is 5.13 Å². The molecule has 3 unspecified atom stereocenters. The van der Waals surface area contributed by atoms with E-state index in [1.807, 2.05) is 6.20 Å². The smallest absolute Gasteiger partial charge is 0.180 e. The maximum Gasteiger partial charge on any atom is 0.180 e. The van der Waals surface area contributed by atoms with E-state index in [-0.39, 0.29) is 12.4 Å². The lowest BCUT2D eigenvalue weighted by atomic mass is 9.85. The number of hydrogen-bond donors (Lipinski definition) is 1. The van der Waals surface area contributed by atoms with Gasteiger partial charge in [-0.2, -0.15) is 0 Å². The molecule has 2 fully saturated rings. The van der Waals surface area contributed by atoms with Crippen LogP contribution >= 0.6 is 23.7 Å². The molecule has 1 aromatic heterocycles. The minimum absolute atomic E-state index is 0. The number of likely N-dealkylation sites (tertiary alicyclic amines) is 1. The maximum absolute atomic E-state index is 5.71. The van der Waals surface area contributed by atoms with Crippen LogP contribution in [0.15, 0.2) is 6.20 Å². The molecule has 3 atom stereocenters. The molecular formula is C13H22ClN3S. The first-order chi connectivity index (χ1) is 8.24. The molecule has 0 spiro atoms. The molecule has 1 saturated carbocycles. The molecule has 1 aliphatic heterocycles. The van der Waals surface area contributed by atoms with Crippen LogP contribution in [0.25, 0.3) is 0 Å². The molecule has 1 saturated heterocycles. The fraction of sp³-hybridized carbons (Fsp3) is 0.769. The van der Waals surface area contributed by atoms with Crippen LogP contribution < -0.4 is 5.73 Å². The van der Waals surface area contributed by atoms with Gasteiger partial charge in [0.05, 0.1) is 0 Å². The van der Waals surface area contributed by atoms with Gasteiger partial charge in [-0.15, -0.1) is 23.7 Å². The van der Waals surface area contributed by atoms with Gasteiger partial charge in [0, 0.05) is 29.7 Å². The average Bonchev–Trinajstić information content (AvgIpc) is 2.85. The number of nitrogens with two attached hydrogens (primary N) is 1. The fourth-order valence-corrected chi connectivity index (χ4v) is 4.34. The third-order valence-electron chi connectivity index (χ3n) is 4.41. The Labute approximate surface area is 119 Å². The summed E-state index contributed by atoms with van der Waals surface area (Å²) in [5, 5.41) is 0.701. The number of nitrogens with zero attached hydrogens (tertiary/aromatic N) is 2. The van der Waals surface area contributed by atoms with E-state index in [0.717, 1.165) is 24.5 Å². The number of fused-ring (bicyclic) bond motifs is 1. The summed E-state index contributed by atoms with van der Waals surface area (Å²) in [5.74, 6) is 0.948. The quantitative estimate of drug-likeness (QED) is 0.907. The van der Waals surface area contributed by atoms with E-state index >= 15 is 0 Å². The largest absolute Gasteiger partial charge is 0.375 e. The van der Waals surface area contributed by atoms with E-state index in [1.165, 1.54) is 37.0 Å². The number of hydrogen-bond acceptors (Lipinski definition) is 4. The molecule has 18 heavy (non-hydrogen) atoms. The topological polar surface area (TPSA) is 42.2 Å². The molecule has 0 aromatic carbocycles. The van der Waals surface area contributed by atoms with Gasteiger partial charge in [-0.25, -0.2) is 4.98 Å². The zero-order valence-corrected chi connectivity index (χ0v) is 12.5. The normalized spacial score (nSPS) is 31.9. The second kappa shape index (κ2) is 5.76. The molecule has 2 N–H and O–H groups in total. The van der Waals surface area contributed by atoms with Gasteiger partial charge in [0.15, 0.2) is 5.13 Å². The van der Waals surface area contributed by atoms with Crippen molar-refractivity contribution in [1.82, 2.24) is 9.88 Å². The predicted molar refractivity (Wildman–Crippen MR) is 79.1 cm³/mol. The Kier molecular flexibility index (Phi) is 4.51. The summed E-state index contributed by atoms with van der Waals surface area (Å²) in [4.78, 5) is 8.17. The minimum Gasteiger partial charge on any atom is -0.375 e. The van der Waals surface area contributed by atoms with Gasteiger partial charge in [-0.3, -0.25) is 4.90 Å². The number of nitrogen functional groups attached to an aromatic ring is 1. The average molecular weight is 288 g/mol. The lowest BCUT2D eigenvalue weighted by Gasteiger charge is -2.32. The van der Waals surface area contributed by atoms with Gasteiger partial charge in [0.1, 0.15) is 0 Å². The van der Waals surface area contributed by atoms with Crippen LogP contribution in [0.2, 0.25) is 0 Å². The van der Waals surface area contributed by atoms with Crippen molar-refractivity contribution in [3.05, 3.63) is 11.1 Å². The highest BCUT2D eigenvalue weighted by molar-refractivity contribution is 7.15. The van der Waals surface area contributed by atoms with E-state index in [2.05, 4.69) is 16.8 Å². The van der Waals surface area contributed by atoms with E-state index in [9.17, 15) is 0 Å². The van der Waals surface area contributed by atoms with Gasteiger partial charge in [0.2, 0.25) is 0 Å². The van der Waals surface area contributed by atoms with Gasteiger partial charge in [0.25, 0.3) is 0 Å². The lowest BCUT2D eigenvalue weighted by molar-refractivity contribution is 0.150. The highest BCUT2D eigenvalue weighted by Gasteiger charge is 2.39. The molecule has 5 heteroatoms. The van der Waals surface area contributed by atoms with Crippen molar-refractivity contribution < 1.29 is 0 Å². The van der Waals surface area contributed by atoms with E-state index in [4.69, 9.17) is 5.73 Å². The summed E-state index contributed by atoms with van der Waals surface area (Å²) in [6, 6.07) is 1.55. The Balaban J connectivity index is 0.00000120. The summed E-state index contributed by atoms with van der Waals surface area (Å²) < 4.78 is 0. The van der Waals surface area contributed by atoms with Gasteiger partial charge in [-0.05, 0) is 32.1 Å². The first kappa shape index (κ1) is 14.1. The standard InChI is InChI=1S/C13H21N3S.ClH/c1-9-6-10-4-2-3-5-12(10)16(9)8-11-7-15-13(14)17-11;/h7,9-10,12H,2-6,8H2,1H3,(H2,14,15);1H. The van der Waals surface area contributed by atoms with E-state index < -0.39 is 0 Å². The Morgan fingerprint density at radius 3 is 2.94 bits per heavy atom. The second-order valence-electron chi connectivity index (χ2n) is 5.53. The Morgan fingerprint density at radius 1 is 1.44 bits per heavy atom. The third-order valence-corrected chi connectivity index (χ3v) is 5.23. The maximum atomic E-state index is 5.71. The first-order valence-electron chi connectivity index (χ1n) is 6.70. The van der Waals surface area contributed by atoms with Crippen molar-refractivity contribution in [2.24, 2.45) is 5.92 Å². The molecule has 3 rings (SSSR count). The molecule has 2 aliphatic rings. The Bertz CT molecular complexity index is 395. The number of thiazole rings is 1. The third kappa shape index (κ3) is 2.65. The number of anilines is 1.